The molecule has 2 N–H and O–H groups in total. The van der Waals surface area contributed by atoms with Gasteiger partial charge in [0.2, 0.25) is 0 Å². The SMILES string of the molecule is CCCCc1ccc(C(=O)NNC(=O)c2cccnc2)nc1.Cl. The third kappa shape index (κ3) is 5.67. The molecular weight excluding hydrogens is 316 g/mol. The third-order valence-electron chi connectivity index (χ3n) is 3.09. The van der Waals surface area contributed by atoms with E-state index in [0.717, 1.165) is 24.8 Å². The second-order valence-electron chi connectivity index (χ2n) is 4.81. The molecule has 0 bridgehead atoms. The highest BCUT2D eigenvalue weighted by atomic mass is 35.5. The van der Waals surface area contributed by atoms with Gasteiger partial charge in [-0.25, -0.2) is 0 Å². The Balaban J connectivity index is 0.00000264. The fraction of sp³-hybridized carbons (Fsp3) is 0.250. The Bertz CT molecular complexity index is 632. The summed E-state index contributed by atoms with van der Waals surface area (Å²) in [7, 11) is 0. The van der Waals surface area contributed by atoms with Gasteiger partial charge in [-0.15, -0.1) is 12.4 Å². The maximum Gasteiger partial charge on any atom is 0.288 e. The summed E-state index contributed by atoms with van der Waals surface area (Å²) < 4.78 is 0. The van der Waals surface area contributed by atoms with Crippen LogP contribution in [0.2, 0.25) is 0 Å². The number of rotatable bonds is 5. The van der Waals surface area contributed by atoms with Gasteiger partial charge < -0.3 is 0 Å². The van der Waals surface area contributed by atoms with E-state index < -0.39 is 11.8 Å². The summed E-state index contributed by atoms with van der Waals surface area (Å²) in [5.74, 6) is -0.889. The van der Waals surface area contributed by atoms with E-state index in [2.05, 4.69) is 27.7 Å². The molecule has 2 amide bonds. The van der Waals surface area contributed by atoms with Gasteiger partial charge in [0.25, 0.3) is 11.8 Å². The molecule has 2 aromatic heterocycles. The van der Waals surface area contributed by atoms with Crippen molar-refractivity contribution in [3.8, 4) is 0 Å². The van der Waals surface area contributed by atoms with Gasteiger partial charge in [0.15, 0.2) is 0 Å². The molecule has 7 heteroatoms. The smallest absolute Gasteiger partial charge is 0.267 e. The summed E-state index contributed by atoms with van der Waals surface area (Å²) in [4.78, 5) is 31.6. The van der Waals surface area contributed by atoms with E-state index in [0.29, 0.717) is 5.56 Å². The molecule has 0 saturated heterocycles. The van der Waals surface area contributed by atoms with Crippen molar-refractivity contribution in [1.82, 2.24) is 20.8 Å². The quantitative estimate of drug-likeness (QED) is 0.822. The minimum atomic E-state index is -0.459. The largest absolute Gasteiger partial charge is 0.288 e. The van der Waals surface area contributed by atoms with E-state index in [-0.39, 0.29) is 18.1 Å². The number of hydrogen-bond acceptors (Lipinski definition) is 4. The molecule has 0 unspecified atom stereocenters. The highest BCUT2D eigenvalue weighted by molar-refractivity contribution is 5.98. The van der Waals surface area contributed by atoms with E-state index in [9.17, 15) is 9.59 Å². The van der Waals surface area contributed by atoms with Gasteiger partial charge in [-0.2, -0.15) is 0 Å². The number of amides is 2. The third-order valence-corrected chi connectivity index (χ3v) is 3.09. The van der Waals surface area contributed by atoms with E-state index in [4.69, 9.17) is 0 Å². The van der Waals surface area contributed by atoms with Gasteiger partial charge in [0.1, 0.15) is 5.69 Å². The van der Waals surface area contributed by atoms with Crippen LogP contribution in [0.15, 0.2) is 42.9 Å². The van der Waals surface area contributed by atoms with Crippen molar-refractivity contribution in [2.24, 2.45) is 0 Å². The Morgan fingerprint density at radius 3 is 2.48 bits per heavy atom. The maximum absolute atomic E-state index is 11.9. The van der Waals surface area contributed by atoms with Gasteiger partial charge in [-0.1, -0.05) is 19.4 Å². The van der Waals surface area contributed by atoms with Gasteiger partial charge in [0.05, 0.1) is 5.56 Å². The minimum absolute atomic E-state index is 0. The number of carbonyl (C=O) groups excluding carboxylic acids is 2. The fourth-order valence-electron chi connectivity index (χ4n) is 1.83. The Morgan fingerprint density at radius 2 is 1.87 bits per heavy atom. The summed E-state index contributed by atoms with van der Waals surface area (Å²) in [6.45, 7) is 2.13. The zero-order valence-electron chi connectivity index (χ0n) is 12.8. The van der Waals surface area contributed by atoms with Crippen molar-refractivity contribution in [2.45, 2.75) is 26.2 Å². The lowest BCUT2D eigenvalue weighted by molar-refractivity contribution is 0.0843. The van der Waals surface area contributed by atoms with Crippen molar-refractivity contribution < 1.29 is 9.59 Å². The highest BCUT2D eigenvalue weighted by Crippen LogP contribution is 2.05. The van der Waals surface area contributed by atoms with Crippen LogP contribution in [-0.2, 0) is 6.42 Å². The highest BCUT2D eigenvalue weighted by Gasteiger charge is 2.10. The average Bonchev–Trinajstić information content (AvgIpc) is 2.58. The first-order valence-electron chi connectivity index (χ1n) is 7.16. The van der Waals surface area contributed by atoms with Gasteiger partial charge in [-0.05, 0) is 36.6 Å². The van der Waals surface area contributed by atoms with Crippen LogP contribution in [0.5, 0.6) is 0 Å². The number of unbranched alkanes of at least 4 members (excludes halogenated alkanes) is 1. The molecule has 0 fully saturated rings. The van der Waals surface area contributed by atoms with Gasteiger partial charge >= 0.3 is 0 Å². The molecule has 0 spiro atoms. The fourth-order valence-corrected chi connectivity index (χ4v) is 1.83. The van der Waals surface area contributed by atoms with Crippen molar-refractivity contribution in [1.29, 1.82) is 0 Å². The number of halogens is 1. The molecule has 0 atom stereocenters. The number of nitrogens with one attached hydrogen (secondary N) is 2. The van der Waals surface area contributed by atoms with Crippen LogP contribution in [0.25, 0.3) is 0 Å². The molecule has 0 aromatic carbocycles. The van der Waals surface area contributed by atoms with Crippen LogP contribution >= 0.6 is 12.4 Å². The number of carbonyl (C=O) groups is 2. The molecule has 2 heterocycles. The molecule has 0 saturated carbocycles. The first-order valence-corrected chi connectivity index (χ1v) is 7.16. The normalized spacial score (nSPS) is 9.61. The number of hydrogen-bond donors (Lipinski definition) is 2. The molecule has 0 aliphatic rings. The lowest BCUT2D eigenvalue weighted by atomic mass is 10.1. The number of pyridine rings is 2. The van der Waals surface area contributed by atoms with Crippen LogP contribution in [-0.4, -0.2) is 21.8 Å². The Hall–Kier alpha value is -2.47. The van der Waals surface area contributed by atoms with E-state index in [1.165, 1.54) is 6.20 Å². The van der Waals surface area contributed by atoms with Crippen molar-refractivity contribution in [2.75, 3.05) is 0 Å². The Kier molecular flexibility index (Phi) is 7.70. The van der Waals surface area contributed by atoms with Crippen LogP contribution in [0.1, 0.15) is 46.2 Å². The Labute approximate surface area is 141 Å². The molecule has 2 aromatic rings. The summed E-state index contributed by atoms with van der Waals surface area (Å²) >= 11 is 0. The summed E-state index contributed by atoms with van der Waals surface area (Å²) in [5.41, 5.74) is 6.38. The lowest BCUT2D eigenvalue weighted by Gasteiger charge is -2.07. The van der Waals surface area contributed by atoms with E-state index in [1.807, 2.05) is 6.07 Å². The average molecular weight is 335 g/mol. The molecular formula is C16H19ClN4O2. The zero-order chi connectivity index (χ0) is 15.8. The predicted octanol–water partition coefficient (Wildman–Crippen LogP) is 2.32. The number of aryl methyl sites for hydroxylation is 1. The summed E-state index contributed by atoms with van der Waals surface area (Å²) in [5, 5.41) is 0. The maximum atomic E-state index is 11.9. The number of aromatic nitrogens is 2. The topological polar surface area (TPSA) is 84.0 Å². The van der Waals surface area contributed by atoms with Crippen LogP contribution in [0.4, 0.5) is 0 Å². The first-order chi connectivity index (χ1) is 10.7. The second kappa shape index (κ2) is 9.53. The molecule has 0 radical (unpaired) electrons. The predicted molar refractivity (Wildman–Crippen MR) is 89.3 cm³/mol. The van der Waals surface area contributed by atoms with Gasteiger partial charge in [-0.3, -0.25) is 30.4 Å². The summed E-state index contributed by atoms with van der Waals surface area (Å²) in [6, 6.07) is 6.78. The lowest BCUT2D eigenvalue weighted by Crippen LogP contribution is -2.41. The number of nitrogens with zero attached hydrogens (tertiary/aromatic N) is 2. The number of hydrazine groups is 1. The molecule has 0 aliphatic heterocycles. The van der Waals surface area contributed by atoms with E-state index >= 15 is 0 Å². The van der Waals surface area contributed by atoms with E-state index in [1.54, 1.807) is 30.6 Å². The van der Waals surface area contributed by atoms with Crippen LogP contribution in [0, 0.1) is 0 Å². The molecule has 122 valence electrons. The molecule has 2 rings (SSSR count). The van der Waals surface area contributed by atoms with Crippen LogP contribution < -0.4 is 10.9 Å². The zero-order valence-corrected chi connectivity index (χ0v) is 13.6. The summed E-state index contributed by atoms with van der Waals surface area (Å²) in [6.07, 6.45) is 7.83. The molecule has 23 heavy (non-hydrogen) atoms. The monoisotopic (exact) mass is 334 g/mol. The van der Waals surface area contributed by atoms with Gasteiger partial charge in [0, 0.05) is 18.6 Å². The van der Waals surface area contributed by atoms with Crippen molar-refractivity contribution in [3.63, 3.8) is 0 Å². The first kappa shape index (κ1) is 18.6. The minimum Gasteiger partial charge on any atom is -0.267 e. The standard InChI is InChI=1S/C16H18N4O2.ClH/c1-2-3-5-12-7-8-14(18-10-12)16(22)20-19-15(21)13-6-4-9-17-11-13;/h4,6-11H,2-3,5H2,1H3,(H,19,21)(H,20,22);1H. The second-order valence-corrected chi connectivity index (χ2v) is 4.81. The van der Waals surface area contributed by atoms with Crippen molar-refractivity contribution in [3.05, 3.63) is 59.7 Å². The van der Waals surface area contributed by atoms with Crippen LogP contribution in [0.3, 0.4) is 0 Å². The molecule has 6 nitrogen and oxygen atoms in total. The molecule has 0 aliphatic carbocycles. The Morgan fingerprint density at radius 1 is 1.09 bits per heavy atom. The van der Waals surface area contributed by atoms with Crippen molar-refractivity contribution >= 4 is 24.2 Å².